The second-order valence-corrected chi connectivity index (χ2v) is 3.31. The highest BCUT2D eigenvalue weighted by Crippen LogP contribution is 2.05. The van der Waals surface area contributed by atoms with Crippen LogP contribution in [0.15, 0.2) is 23.0 Å². The highest BCUT2D eigenvalue weighted by Gasteiger charge is 2.05. The minimum absolute atomic E-state index is 0.0526. The Labute approximate surface area is 87.3 Å². The summed E-state index contributed by atoms with van der Waals surface area (Å²) in [4.78, 5) is 4.20. The first-order valence-electron chi connectivity index (χ1n) is 4.88. The van der Waals surface area contributed by atoms with Crippen LogP contribution in [-0.2, 0) is 19.6 Å². The lowest BCUT2D eigenvalue weighted by Gasteiger charge is -1.95. The fourth-order valence-corrected chi connectivity index (χ4v) is 1.34. The summed E-state index contributed by atoms with van der Waals surface area (Å²) >= 11 is 0. The number of aliphatic hydroxyl groups excluding tert-OH is 1. The lowest BCUT2D eigenvalue weighted by molar-refractivity contribution is 0.281. The van der Waals surface area contributed by atoms with Gasteiger partial charge in [-0.15, -0.1) is 0 Å². The van der Waals surface area contributed by atoms with Crippen molar-refractivity contribution >= 4 is 0 Å². The molecule has 0 fully saturated rings. The third kappa shape index (κ3) is 2.24. The summed E-state index contributed by atoms with van der Waals surface area (Å²) in [6.45, 7) is 2.58. The molecule has 0 atom stereocenters. The van der Waals surface area contributed by atoms with E-state index in [-0.39, 0.29) is 6.61 Å². The monoisotopic (exact) mass is 207 g/mol. The molecule has 2 heterocycles. The predicted octanol–water partition coefficient (Wildman–Crippen LogP) is 0.974. The lowest BCUT2D eigenvalue weighted by Crippen LogP contribution is -1.96. The van der Waals surface area contributed by atoms with E-state index < -0.39 is 0 Å². The van der Waals surface area contributed by atoms with Crippen LogP contribution >= 0.6 is 0 Å². The van der Waals surface area contributed by atoms with Gasteiger partial charge in [0.1, 0.15) is 6.54 Å². The Morgan fingerprint density at radius 2 is 2.40 bits per heavy atom. The Kier molecular flexibility index (Phi) is 2.82. The van der Waals surface area contributed by atoms with Crippen molar-refractivity contribution < 1.29 is 9.63 Å². The van der Waals surface area contributed by atoms with Crippen LogP contribution < -0.4 is 0 Å². The minimum Gasteiger partial charge on any atom is -0.392 e. The van der Waals surface area contributed by atoms with Crippen molar-refractivity contribution in [1.82, 2.24) is 14.7 Å². The second kappa shape index (κ2) is 4.27. The van der Waals surface area contributed by atoms with E-state index in [0.717, 1.165) is 17.8 Å². The minimum atomic E-state index is 0.0526. The molecule has 0 amide bonds. The summed E-state index contributed by atoms with van der Waals surface area (Å²) in [5, 5.41) is 12.7. The number of rotatable bonds is 4. The second-order valence-electron chi connectivity index (χ2n) is 3.31. The van der Waals surface area contributed by atoms with Gasteiger partial charge >= 0.3 is 0 Å². The molecule has 15 heavy (non-hydrogen) atoms. The maximum Gasteiger partial charge on any atom is 0.246 e. The topological polar surface area (TPSA) is 64.1 Å². The van der Waals surface area contributed by atoms with Crippen molar-refractivity contribution in [3.63, 3.8) is 0 Å². The first-order valence-corrected chi connectivity index (χ1v) is 4.88. The van der Waals surface area contributed by atoms with Gasteiger partial charge < -0.3 is 14.2 Å². The van der Waals surface area contributed by atoms with Crippen molar-refractivity contribution in [2.45, 2.75) is 26.5 Å². The molecule has 0 aliphatic rings. The van der Waals surface area contributed by atoms with Crippen LogP contribution in [-0.4, -0.2) is 19.8 Å². The molecule has 0 unspecified atom stereocenters. The van der Waals surface area contributed by atoms with Gasteiger partial charge in [-0.2, -0.15) is 4.98 Å². The number of nitrogens with zero attached hydrogens (tertiary/aromatic N) is 3. The summed E-state index contributed by atoms with van der Waals surface area (Å²) in [6, 6.07) is 1.86. The fourth-order valence-electron chi connectivity index (χ4n) is 1.34. The van der Waals surface area contributed by atoms with E-state index >= 15 is 0 Å². The molecule has 0 saturated carbocycles. The number of hydrogen-bond donors (Lipinski definition) is 1. The molecule has 5 heteroatoms. The van der Waals surface area contributed by atoms with Gasteiger partial charge in [-0.05, 0) is 11.6 Å². The molecule has 0 aliphatic heterocycles. The SMILES string of the molecule is CCc1noc(Cn2ccc(CO)c2)n1. The standard InChI is InChI=1S/C10H13N3O2/c1-2-9-11-10(15-12-9)6-13-4-3-8(5-13)7-14/h3-5,14H,2,6-7H2,1H3. The van der Waals surface area contributed by atoms with Gasteiger partial charge in [0.2, 0.25) is 5.89 Å². The Bertz CT molecular complexity index is 393. The number of aromatic nitrogens is 3. The molecular weight excluding hydrogens is 194 g/mol. The molecule has 2 aromatic rings. The summed E-state index contributed by atoms with van der Waals surface area (Å²) in [5.74, 6) is 1.31. The largest absolute Gasteiger partial charge is 0.392 e. The normalized spacial score (nSPS) is 10.8. The van der Waals surface area contributed by atoms with Crippen LogP contribution in [0.3, 0.4) is 0 Å². The van der Waals surface area contributed by atoms with Crippen LogP contribution in [0.2, 0.25) is 0 Å². The van der Waals surface area contributed by atoms with E-state index in [0.29, 0.717) is 12.4 Å². The Morgan fingerprint density at radius 1 is 1.53 bits per heavy atom. The number of aryl methyl sites for hydroxylation is 1. The lowest BCUT2D eigenvalue weighted by atomic mass is 10.4. The molecule has 0 aromatic carbocycles. The van der Waals surface area contributed by atoms with E-state index in [1.165, 1.54) is 0 Å². The van der Waals surface area contributed by atoms with Crippen molar-refractivity contribution in [1.29, 1.82) is 0 Å². The maximum atomic E-state index is 8.89. The van der Waals surface area contributed by atoms with Crippen molar-refractivity contribution in [2.75, 3.05) is 0 Å². The molecule has 80 valence electrons. The van der Waals surface area contributed by atoms with E-state index in [9.17, 15) is 0 Å². The summed E-state index contributed by atoms with van der Waals surface area (Å²) in [6.07, 6.45) is 4.51. The predicted molar refractivity (Wildman–Crippen MR) is 53.1 cm³/mol. The summed E-state index contributed by atoms with van der Waals surface area (Å²) < 4.78 is 6.96. The smallest absolute Gasteiger partial charge is 0.246 e. The molecular formula is C10H13N3O2. The van der Waals surface area contributed by atoms with Crippen LogP contribution in [0.1, 0.15) is 24.2 Å². The van der Waals surface area contributed by atoms with Crippen LogP contribution in [0, 0.1) is 0 Å². The highest BCUT2D eigenvalue weighted by atomic mass is 16.5. The number of hydrogen-bond acceptors (Lipinski definition) is 4. The molecule has 0 bridgehead atoms. The number of aliphatic hydroxyl groups is 1. The molecule has 0 aliphatic carbocycles. The molecule has 1 N–H and O–H groups in total. The Balaban J connectivity index is 2.07. The third-order valence-corrected chi connectivity index (χ3v) is 2.14. The first-order chi connectivity index (χ1) is 7.31. The van der Waals surface area contributed by atoms with Crippen LogP contribution in [0.5, 0.6) is 0 Å². The Morgan fingerprint density at radius 3 is 3.00 bits per heavy atom. The van der Waals surface area contributed by atoms with Gasteiger partial charge in [-0.1, -0.05) is 12.1 Å². The molecule has 5 nitrogen and oxygen atoms in total. The van der Waals surface area contributed by atoms with Gasteiger partial charge in [-0.25, -0.2) is 0 Å². The molecule has 2 aromatic heterocycles. The molecule has 0 saturated heterocycles. The summed E-state index contributed by atoms with van der Waals surface area (Å²) in [7, 11) is 0. The third-order valence-electron chi connectivity index (χ3n) is 2.14. The van der Waals surface area contributed by atoms with Crippen molar-refractivity contribution in [3.05, 3.63) is 35.7 Å². The molecule has 2 rings (SSSR count). The zero-order chi connectivity index (χ0) is 10.7. The zero-order valence-electron chi connectivity index (χ0n) is 8.55. The van der Waals surface area contributed by atoms with Gasteiger partial charge in [0, 0.05) is 18.8 Å². The van der Waals surface area contributed by atoms with Gasteiger partial charge in [0.05, 0.1) is 6.61 Å². The van der Waals surface area contributed by atoms with Crippen LogP contribution in [0.4, 0.5) is 0 Å². The van der Waals surface area contributed by atoms with Crippen molar-refractivity contribution in [2.24, 2.45) is 0 Å². The van der Waals surface area contributed by atoms with Crippen LogP contribution in [0.25, 0.3) is 0 Å². The average molecular weight is 207 g/mol. The highest BCUT2D eigenvalue weighted by molar-refractivity contribution is 5.09. The van der Waals surface area contributed by atoms with E-state index in [4.69, 9.17) is 9.63 Å². The van der Waals surface area contributed by atoms with E-state index in [1.54, 1.807) is 0 Å². The average Bonchev–Trinajstić information content (AvgIpc) is 2.87. The molecule has 0 spiro atoms. The quantitative estimate of drug-likeness (QED) is 0.811. The van der Waals surface area contributed by atoms with Gasteiger partial charge in [0.25, 0.3) is 0 Å². The Hall–Kier alpha value is -1.62. The summed E-state index contributed by atoms with van der Waals surface area (Å²) in [5.41, 5.74) is 0.880. The molecule has 0 radical (unpaired) electrons. The van der Waals surface area contributed by atoms with E-state index in [2.05, 4.69) is 10.1 Å². The van der Waals surface area contributed by atoms with Gasteiger partial charge in [0.15, 0.2) is 5.82 Å². The van der Waals surface area contributed by atoms with Gasteiger partial charge in [-0.3, -0.25) is 0 Å². The zero-order valence-corrected chi connectivity index (χ0v) is 8.55. The maximum absolute atomic E-state index is 8.89. The van der Waals surface area contributed by atoms with E-state index in [1.807, 2.05) is 30.0 Å². The first kappa shape index (κ1) is 9.92. The fraction of sp³-hybridized carbons (Fsp3) is 0.400. The van der Waals surface area contributed by atoms with Crippen molar-refractivity contribution in [3.8, 4) is 0 Å².